The van der Waals surface area contributed by atoms with E-state index < -0.39 is 0 Å². The van der Waals surface area contributed by atoms with Crippen LogP contribution in [-0.4, -0.2) is 17.4 Å². The topological polar surface area (TPSA) is 46.3 Å². The number of amides is 1. The van der Waals surface area contributed by atoms with Crippen LogP contribution in [0.15, 0.2) is 59.2 Å². The van der Waals surface area contributed by atoms with E-state index in [1.54, 1.807) is 6.26 Å². The van der Waals surface area contributed by atoms with Crippen LogP contribution in [0.3, 0.4) is 0 Å². The highest BCUT2D eigenvalue weighted by Crippen LogP contribution is 2.28. The summed E-state index contributed by atoms with van der Waals surface area (Å²) in [6.07, 6.45) is 3.86. The van der Waals surface area contributed by atoms with Crippen molar-refractivity contribution in [3.63, 3.8) is 0 Å². The number of fused-ring (bicyclic) bond motifs is 1. The normalized spacial score (nSPS) is 13.6. The number of aryl methyl sites for hydroxylation is 2. The Kier molecular flexibility index (Phi) is 4.10. The molecule has 0 aliphatic carbocycles. The summed E-state index contributed by atoms with van der Waals surface area (Å²) in [6.45, 7) is 2.85. The molecule has 1 amide bonds. The van der Waals surface area contributed by atoms with E-state index >= 15 is 0 Å². The maximum Gasteiger partial charge on any atom is 0.233 e. The highest BCUT2D eigenvalue weighted by atomic mass is 16.3. The predicted molar refractivity (Wildman–Crippen MR) is 97.5 cm³/mol. The molecule has 0 saturated carbocycles. The van der Waals surface area contributed by atoms with Gasteiger partial charge in [0.25, 0.3) is 0 Å². The van der Waals surface area contributed by atoms with Gasteiger partial charge in [0.05, 0.1) is 12.1 Å². The van der Waals surface area contributed by atoms with Gasteiger partial charge >= 0.3 is 0 Å². The fourth-order valence-electron chi connectivity index (χ4n) is 3.34. The summed E-state index contributed by atoms with van der Waals surface area (Å²) in [5.74, 6) is 0.621. The van der Waals surface area contributed by atoms with E-state index in [2.05, 4.69) is 30.1 Å². The number of hydrogen-bond donors (Lipinski definition) is 0. The third-order valence-corrected chi connectivity index (χ3v) is 4.56. The zero-order chi connectivity index (χ0) is 17.2. The first-order chi connectivity index (χ1) is 12.2. The Hall–Kier alpha value is -2.88. The van der Waals surface area contributed by atoms with Gasteiger partial charge in [0, 0.05) is 17.8 Å². The van der Waals surface area contributed by atoms with Crippen molar-refractivity contribution >= 4 is 11.6 Å². The van der Waals surface area contributed by atoms with Gasteiger partial charge in [-0.25, -0.2) is 4.98 Å². The van der Waals surface area contributed by atoms with Crippen molar-refractivity contribution in [1.82, 2.24) is 4.98 Å². The third-order valence-electron chi connectivity index (χ3n) is 4.56. The van der Waals surface area contributed by atoms with E-state index in [-0.39, 0.29) is 12.3 Å². The molecule has 0 saturated heterocycles. The first kappa shape index (κ1) is 15.6. The number of carbonyl (C=O) groups excluding carboxylic acids is 1. The first-order valence-electron chi connectivity index (χ1n) is 8.60. The molecule has 0 radical (unpaired) electrons. The number of carbonyl (C=O) groups is 1. The quantitative estimate of drug-likeness (QED) is 0.723. The van der Waals surface area contributed by atoms with Crippen LogP contribution in [0.1, 0.15) is 23.2 Å². The van der Waals surface area contributed by atoms with E-state index in [0.29, 0.717) is 11.6 Å². The summed E-state index contributed by atoms with van der Waals surface area (Å²) in [6, 6.07) is 16.0. The summed E-state index contributed by atoms with van der Waals surface area (Å²) in [5, 5.41) is 0. The Morgan fingerprint density at radius 1 is 1.20 bits per heavy atom. The van der Waals surface area contributed by atoms with Crippen LogP contribution in [0.2, 0.25) is 0 Å². The van der Waals surface area contributed by atoms with Crippen molar-refractivity contribution < 1.29 is 9.21 Å². The van der Waals surface area contributed by atoms with Gasteiger partial charge in [-0.1, -0.05) is 35.9 Å². The summed E-state index contributed by atoms with van der Waals surface area (Å²) < 4.78 is 5.54. The molecule has 0 spiro atoms. The Labute approximate surface area is 147 Å². The molecule has 1 aliphatic heterocycles. The second-order valence-corrected chi connectivity index (χ2v) is 6.47. The number of anilines is 1. The van der Waals surface area contributed by atoms with Gasteiger partial charge in [-0.05, 0) is 43.5 Å². The molecule has 0 atom stereocenters. The van der Waals surface area contributed by atoms with Crippen LogP contribution in [-0.2, 0) is 17.6 Å². The van der Waals surface area contributed by atoms with Crippen molar-refractivity contribution in [2.45, 2.75) is 26.2 Å². The maximum atomic E-state index is 12.8. The first-order valence-corrected chi connectivity index (χ1v) is 8.60. The minimum Gasteiger partial charge on any atom is -0.444 e. The van der Waals surface area contributed by atoms with Crippen LogP contribution >= 0.6 is 0 Å². The summed E-state index contributed by atoms with van der Waals surface area (Å²) in [4.78, 5) is 19.2. The van der Waals surface area contributed by atoms with Crippen molar-refractivity contribution in [3.05, 3.63) is 71.6 Å². The smallest absolute Gasteiger partial charge is 0.233 e. The van der Waals surface area contributed by atoms with Crippen molar-refractivity contribution in [1.29, 1.82) is 0 Å². The Morgan fingerprint density at radius 3 is 2.88 bits per heavy atom. The molecule has 4 nitrogen and oxygen atoms in total. The van der Waals surface area contributed by atoms with Crippen molar-refractivity contribution in [2.75, 3.05) is 11.4 Å². The summed E-state index contributed by atoms with van der Waals surface area (Å²) >= 11 is 0. The highest BCUT2D eigenvalue weighted by Gasteiger charge is 2.23. The molecule has 3 aromatic rings. The predicted octanol–water partition coefficient (Wildman–Crippen LogP) is 4.17. The lowest BCUT2D eigenvalue weighted by Crippen LogP contribution is -2.36. The second kappa shape index (κ2) is 6.55. The zero-order valence-corrected chi connectivity index (χ0v) is 14.2. The van der Waals surface area contributed by atoms with Crippen LogP contribution in [0, 0.1) is 6.92 Å². The average Bonchev–Trinajstić information content (AvgIpc) is 3.10. The highest BCUT2D eigenvalue weighted by molar-refractivity contribution is 5.95. The number of rotatable bonds is 3. The minimum absolute atomic E-state index is 0.0673. The number of hydrogen-bond acceptors (Lipinski definition) is 3. The average molecular weight is 332 g/mol. The van der Waals surface area contributed by atoms with Gasteiger partial charge < -0.3 is 9.32 Å². The van der Waals surface area contributed by atoms with E-state index in [9.17, 15) is 4.79 Å². The summed E-state index contributed by atoms with van der Waals surface area (Å²) in [7, 11) is 0. The van der Waals surface area contributed by atoms with Gasteiger partial charge in [-0.2, -0.15) is 0 Å². The molecule has 2 aromatic carbocycles. The SMILES string of the molecule is Cc1ccc2c(c1)CCCN2C(=O)Cc1coc(-c2ccccc2)n1. The number of benzene rings is 2. The largest absolute Gasteiger partial charge is 0.444 e. The number of nitrogens with zero attached hydrogens (tertiary/aromatic N) is 2. The fourth-order valence-corrected chi connectivity index (χ4v) is 3.34. The Morgan fingerprint density at radius 2 is 2.04 bits per heavy atom. The molecule has 0 bridgehead atoms. The maximum absolute atomic E-state index is 12.8. The number of aromatic nitrogens is 1. The molecule has 4 rings (SSSR count). The van der Waals surface area contributed by atoms with Crippen LogP contribution in [0.5, 0.6) is 0 Å². The molecular weight excluding hydrogens is 312 g/mol. The molecule has 2 heterocycles. The second-order valence-electron chi connectivity index (χ2n) is 6.47. The van der Waals surface area contributed by atoms with Gasteiger partial charge in [0.1, 0.15) is 6.26 Å². The lowest BCUT2D eigenvalue weighted by atomic mass is 9.99. The Bertz CT molecular complexity index is 899. The zero-order valence-electron chi connectivity index (χ0n) is 14.2. The fraction of sp³-hybridized carbons (Fsp3) is 0.238. The molecule has 0 fully saturated rings. The van der Waals surface area contributed by atoms with E-state index in [0.717, 1.165) is 30.6 Å². The van der Waals surface area contributed by atoms with E-state index in [1.165, 1.54) is 11.1 Å². The van der Waals surface area contributed by atoms with Gasteiger partial charge in [-0.15, -0.1) is 0 Å². The van der Waals surface area contributed by atoms with Crippen LogP contribution in [0.4, 0.5) is 5.69 Å². The van der Waals surface area contributed by atoms with Gasteiger partial charge in [0.2, 0.25) is 11.8 Å². The van der Waals surface area contributed by atoms with Crippen molar-refractivity contribution in [2.24, 2.45) is 0 Å². The summed E-state index contributed by atoms with van der Waals surface area (Å²) in [5.41, 5.74) is 5.11. The van der Waals surface area contributed by atoms with Crippen LogP contribution in [0.25, 0.3) is 11.5 Å². The molecule has 4 heteroatoms. The van der Waals surface area contributed by atoms with Gasteiger partial charge in [0.15, 0.2) is 0 Å². The molecular formula is C21H20N2O2. The standard InChI is InChI=1S/C21H20N2O2/c1-15-9-10-19-17(12-15)8-5-11-23(19)20(24)13-18-14-25-21(22-18)16-6-3-2-4-7-16/h2-4,6-7,9-10,12,14H,5,8,11,13H2,1H3. The monoisotopic (exact) mass is 332 g/mol. The number of oxazole rings is 1. The van der Waals surface area contributed by atoms with Crippen molar-refractivity contribution in [3.8, 4) is 11.5 Å². The lowest BCUT2D eigenvalue weighted by Gasteiger charge is -2.29. The molecule has 126 valence electrons. The Balaban J connectivity index is 1.53. The molecule has 1 aliphatic rings. The molecule has 25 heavy (non-hydrogen) atoms. The van der Waals surface area contributed by atoms with E-state index in [4.69, 9.17) is 4.42 Å². The van der Waals surface area contributed by atoms with Gasteiger partial charge in [-0.3, -0.25) is 4.79 Å². The van der Waals surface area contributed by atoms with Crippen LogP contribution < -0.4 is 4.90 Å². The molecule has 0 unspecified atom stereocenters. The molecule has 0 N–H and O–H groups in total. The lowest BCUT2D eigenvalue weighted by molar-refractivity contribution is -0.118. The van der Waals surface area contributed by atoms with E-state index in [1.807, 2.05) is 35.2 Å². The third kappa shape index (κ3) is 3.20. The minimum atomic E-state index is 0.0673. The molecule has 1 aromatic heterocycles.